The molecule has 2 bridgehead atoms. The Kier molecular flexibility index (Phi) is 6.10. The van der Waals surface area contributed by atoms with Crippen molar-refractivity contribution in [3.8, 4) is 5.75 Å². The average Bonchev–Trinajstić information content (AvgIpc) is 3.32. The lowest BCUT2D eigenvalue weighted by Crippen LogP contribution is -2.31. The smallest absolute Gasteiger partial charge is 0.119 e. The molecule has 0 spiro atoms. The van der Waals surface area contributed by atoms with Crippen LogP contribution < -0.4 is 4.74 Å². The maximum atomic E-state index is 6.25. The first-order chi connectivity index (χ1) is 13.3. The molecule has 27 heavy (non-hydrogen) atoms. The van der Waals surface area contributed by atoms with Gasteiger partial charge in [-0.05, 0) is 55.4 Å². The van der Waals surface area contributed by atoms with E-state index in [2.05, 4.69) is 41.3 Å². The number of aryl methyl sites for hydroxylation is 1. The highest BCUT2D eigenvalue weighted by Crippen LogP contribution is 2.35. The largest absolute Gasteiger partial charge is 0.489 e. The Morgan fingerprint density at radius 1 is 0.815 bits per heavy atom. The second kappa shape index (κ2) is 8.90. The van der Waals surface area contributed by atoms with E-state index in [1.807, 2.05) is 18.2 Å². The molecule has 2 aromatic rings. The average molecular weight is 366 g/mol. The summed E-state index contributed by atoms with van der Waals surface area (Å²) >= 11 is 0. The Morgan fingerprint density at radius 2 is 1.59 bits per heavy atom. The van der Waals surface area contributed by atoms with E-state index in [1.54, 1.807) is 0 Å². The number of benzene rings is 2. The molecule has 0 amide bonds. The van der Waals surface area contributed by atoms with Crippen LogP contribution in [0.5, 0.6) is 5.75 Å². The van der Waals surface area contributed by atoms with Crippen LogP contribution >= 0.6 is 0 Å². The maximum absolute atomic E-state index is 6.25. The van der Waals surface area contributed by atoms with Gasteiger partial charge in [0.15, 0.2) is 0 Å². The third-order valence-corrected chi connectivity index (χ3v) is 5.97. The standard InChI is InChI=1S/C24H31NO2/c1-3-8-22(9-4-1)19-26-23-12-10-21(11-13-23)7-5-2-6-18-27-24-14-16-25(20-24)17-15-24/h1,3-4,8-13H,2,5-7,14-20H2. The van der Waals surface area contributed by atoms with Crippen molar-refractivity contribution in [2.75, 3.05) is 26.2 Å². The molecule has 3 nitrogen and oxygen atoms in total. The minimum Gasteiger partial charge on any atom is -0.489 e. The first kappa shape index (κ1) is 18.5. The molecule has 2 aliphatic heterocycles. The van der Waals surface area contributed by atoms with Crippen LogP contribution in [-0.2, 0) is 17.8 Å². The van der Waals surface area contributed by atoms with Crippen molar-refractivity contribution < 1.29 is 9.47 Å². The Bertz CT molecular complexity index is 690. The Balaban J connectivity index is 1.10. The summed E-state index contributed by atoms with van der Waals surface area (Å²) in [6, 6.07) is 18.9. The molecular weight excluding hydrogens is 334 g/mol. The molecule has 144 valence electrons. The summed E-state index contributed by atoms with van der Waals surface area (Å²) in [4.78, 5) is 2.53. The van der Waals surface area contributed by atoms with E-state index in [9.17, 15) is 0 Å². The van der Waals surface area contributed by atoms with Crippen LogP contribution in [0, 0.1) is 0 Å². The zero-order valence-electron chi connectivity index (χ0n) is 16.2. The van der Waals surface area contributed by atoms with Crippen molar-refractivity contribution in [1.82, 2.24) is 4.90 Å². The summed E-state index contributed by atoms with van der Waals surface area (Å²) in [6.07, 6.45) is 7.27. The van der Waals surface area contributed by atoms with E-state index in [0.717, 1.165) is 18.8 Å². The maximum Gasteiger partial charge on any atom is 0.119 e. The molecule has 0 saturated carbocycles. The second-order valence-corrected chi connectivity index (χ2v) is 8.04. The summed E-state index contributed by atoms with van der Waals surface area (Å²) in [6.45, 7) is 5.21. The summed E-state index contributed by atoms with van der Waals surface area (Å²) < 4.78 is 12.1. The highest BCUT2D eigenvalue weighted by atomic mass is 16.5. The molecular formula is C24H31NO2. The number of rotatable bonds is 10. The van der Waals surface area contributed by atoms with Gasteiger partial charge in [0.1, 0.15) is 12.4 Å². The number of unbranched alkanes of at least 4 members (excludes halogenated alkanes) is 2. The number of piperidine rings is 1. The third-order valence-electron chi connectivity index (χ3n) is 5.97. The van der Waals surface area contributed by atoms with E-state index in [1.165, 1.54) is 62.9 Å². The highest BCUT2D eigenvalue weighted by Gasteiger charge is 2.44. The van der Waals surface area contributed by atoms with Gasteiger partial charge in [-0.3, -0.25) is 0 Å². The Morgan fingerprint density at radius 3 is 2.30 bits per heavy atom. The van der Waals surface area contributed by atoms with E-state index in [4.69, 9.17) is 9.47 Å². The van der Waals surface area contributed by atoms with E-state index in [0.29, 0.717) is 6.61 Å². The van der Waals surface area contributed by atoms with Gasteiger partial charge in [0, 0.05) is 26.2 Å². The molecule has 2 aliphatic rings. The quantitative estimate of drug-likeness (QED) is 0.562. The summed E-state index contributed by atoms with van der Waals surface area (Å²) in [5, 5.41) is 0. The predicted octanol–water partition coefficient (Wildman–Crippen LogP) is 4.84. The van der Waals surface area contributed by atoms with Crippen molar-refractivity contribution in [2.45, 2.75) is 50.7 Å². The fourth-order valence-electron chi connectivity index (χ4n) is 4.26. The molecule has 0 atom stereocenters. The predicted molar refractivity (Wildman–Crippen MR) is 109 cm³/mol. The zero-order chi connectivity index (χ0) is 18.4. The van der Waals surface area contributed by atoms with E-state index < -0.39 is 0 Å². The summed E-state index contributed by atoms with van der Waals surface area (Å²) in [5.41, 5.74) is 2.81. The zero-order valence-corrected chi connectivity index (χ0v) is 16.2. The van der Waals surface area contributed by atoms with Gasteiger partial charge in [-0.15, -0.1) is 0 Å². The summed E-state index contributed by atoms with van der Waals surface area (Å²) in [5.74, 6) is 0.942. The minimum absolute atomic E-state index is 0.218. The number of ether oxygens (including phenoxy) is 2. The highest BCUT2D eigenvalue weighted by molar-refractivity contribution is 5.27. The molecule has 0 aliphatic carbocycles. The summed E-state index contributed by atoms with van der Waals surface area (Å²) in [7, 11) is 0. The molecule has 4 rings (SSSR count). The van der Waals surface area contributed by atoms with Crippen molar-refractivity contribution in [1.29, 1.82) is 0 Å². The molecule has 2 fully saturated rings. The SMILES string of the molecule is c1ccc(COc2ccc(CCCCCOC34CCN(CC3)C4)cc2)cc1. The minimum atomic E-state index is 0.218. The first-order valence-corrected chi connectivity index (χ1v) is 10.4. The van der Waals surface area contributed by atoms with Crippen LogP contribution in [0.4, 0.5) is 0 Å². The lowest BCUT2D eigenvalue weighted by molar-refractivity contribution is -0.0271. The van der Waals surface area contributed by atoms with Gasteiger partial charge in [-0.25, -0.2) is 0 Å². The number of hydrogen-bond acceptors (Lipinski definition) is 3. The Labute approximate surface area is 163 Å². The van der Waals surface area contributed by atoms with Gasteiger partial charge < -0.3 is 14.4 Å². The molecule has 0 unspecified atom stereocenters. The molecule has 0 radical (unpaired) electrons. The van der Waals surface area contributed by atoms with E-state index in [-0.39, 0.29) is 5.60 Å². The molecule has 0 aromatic heterocycles. The number of hydrogen-bond donors (Lipinski definition) is 0. The van der Waals surface area contributed by atoms with Crippen LogP contribution in [0.25, 0.3) is 0 Å². The molecule has 2 aromatic carbocycles. The normalized spacial score (nSPS) is 23.6. The molecule has 0 N–H and O–H groups in total. The van der Waals surface area contributed by atoms with Crippen LogP contribution in [0.15, 0.2) is 54.6 Å². The molecule has 2 saturated heterocycles. The fourth-order valence-corrected chi connectivity index (χ4v) is 4.26. The first-order valence-electron chi connectivity index (χ1n) is 10.4. The lowest BCUT2D eigenvalue weighted by atomic mass is 10.00. The van der Waals surface area contributed by atoms with Crippen molar-refractivity contribution >= 4 is 0 Å². The van der Waals surface area contributed by atoms with Gasteiger partial charge >= 0.3 is 0 Å². The number of fused-ring (bicyclic) bond motifs is 2. The fraction of sp³-hybridized carbons (Fsp3) is 0.500. The van der Waals surface area contributed by atoms with Gasteiger partial charge in [0.25, 0.3) is 0 Å². The monoisotopic (exact) mass is 365 g/mol. The van der Waals surface area contributed by atoms with Crippen LogP contribution in [0.1, 0.15) is 43.2 Å². The van der Waals surface area contributed by atoms with Gasteiger partial charge in [-0.1, -0.05) is 48.9 Å². The van der Waals surface area contributed by atoms with Crippen molar-refractivity contribution in [3.05, 3.63) is 65.7 Å². The van der Waals surface area contributed by atoms with Crippen LogP contribution in [-0.4, -0.2) is 36.7 Å². The van der Waals surface area contributed by atoms with Gasteiger partial charge in [0.2, 0.25) is 0 Å². The molecule has 3 heteroatoms. The second-order valence-electron chi connectivity index (χ2n) is 8.04. The van der Waals surface area contributed by atoms with Crippen molar-refractivity contribution in [3.63, 3.8) is 0 Å². The third kappa shape index (κ3) is 5.12. The van der Waals surface area contributed by atoms with Crippen LogP contribution in [0.3, 0.4) is 0 Å². The van der Waals surface area contributed by atoms with Gasteiger partial charge in [0.05, 0.1) is 5.60 Å². The van der Waals surface area contributed by atoms with Gasteiger partial charge in [-0.2, -0.15) is 0 Å². The number of nitrogens with zero attached hydrogens (tertiary/aromatic N) is 1. The topological polar surface area (TPSA) is 21.7 Å². The van der Waals surface area contributed by atoms with Crippen LogP contribution in [0.2, 0.25) is 0 Å². The lowest BCUT2D eigenvalue weighted by Gasteiger charge is -2.25. The Hall–Kier alpha value is -1.84. The molecule has 2 heterocycles. The van der Waals surface area contributed by atoms with E-state index >= 15 is 0 Å². The van der Waals surface area contributed by atoms with Crippen molar-refractivity contribution in [2.24, 2.45) is 0 Å².